The van der Waals surface area contributed by atoms with Gasteiger partial charge < -0.3 is 24.8 Å². The summed E-state index contributed by atoms with van der Waals surface area (Å²) in [5.41, 5.74) is 2.05. The molecule has 0 radical (unpaired) electrons. The van der Waals surface area contributed by atoms with E-state index < -0.39 is 0 Å². The highest BCUT2D eigenvalue weighted by molar-refractivity contribution is 5.92. The van der Waals surface area contributed by atoms with Gasteiger partial charge in [0, 0.05) is 12.2 Å². The topological polar surface area (TPSA) is 85.9 Å². The molecule has 0 saturated carbocycles. The van der Waals surface area contributed by atoms with Crippen LogP contribution in [-0.2, 0) is 11.2 Å². The molecular formula is C20H24N2O5. The van der Waals surface area contributed by atoms with Crippen molar-refractivity contribution < 1.29 is 23.8 Å². The number of hydrogen-bond donors (Lipinski definition) is 2. The van der Waals surface area contributed by atoms with Crippen LogP contribution in [0.2, 0.25) is 0 Å². The van der Waals surface area contributed by atoms with Crippen LogP contribution in [-0.4, -0.2) is 39.4 Å². The number of methoxy groups -OCH3 is 2. The predicted octanol–water partition coefficient (Wildman–Crippen LogP) is 3.24. The average Bonchev–Trinajstić information content (AvgIpc) is 2.68. The first-order valence-electron chi connectivity index (χ1n) is 8.60. The summed E-state index contributed by atoms with van der Waals surface area (Å²) in [6, 6.07) is 11.8. The predicted molar refractivity (Wildman–Crippen MR) is 103 cm³/mol. The monoisotopic (exact) mass is 372 g/mol. The molecule has 0 unspecified atom stereocenters. The van der Waals surface area contributed by atoms with Crippen LogP contribution in [0.25, 0.3) is 0 Å². The summed E-state index contributed by atoms with van der Waals surface area (Å²) in [4.78, 5) is 23.6. The maximum absolute atomic E-state index is 12.0. The first-order chi connectivity index (χ1) is 13.1. The van der Waals surface area contributed by atoms with Gasteiger partial charge >= 0.3 is 12.0 Å². The lowest BCUT2D eigenvalue weighted by Crippen LogP contribution is -2.30. The summed E-state index contributed by atoms with van der Waals surface area (Å²) >= 11 is 0. The Bertz CT molecular complexity index is 774. The average molecular weight is 372 g/mol. The third kappa shape index (κ3) is 5.91. The number of urea groups is 1. The zero-order valence-corrected chi connectivity index (χ0v) is 15.7. The number of esters is 1. The Hall–Kier alpha value is -3.22. The van der Waals surface area contributed by atoms with E-state index in [2.05, 4.69) is 10.6 Å². The lowest BCUT2D eigenvalue weighted by atomic mass is 10.1. The van der Waals surface area contributed by atoms with E-state index in [1.807, 2.05) is 18.2 Å². The number of carbonyl (C=O) groups is 2. The Balaban J connectivity index is 1.82. The Morgan fingerprint density at radius 3 is 2.30 bits per heavy atom. The van der Waals surface area contributed by atoms with Gasteiger partial charge in [-0.05, 0) is 55.3 Å². The van der Waals surface area contributed by atoms with Crippen molar-refractivity contribution >= 4 is 17.7 Å². The summed E-state index contributed by atoms with van der Waals surface area (Å²) in [5, 5.41) is 5.51. The molecular weight excluding hydrogens is 348 g/mol. The molecule has 0 aliphatic rings. The molecule has 2 rings (SSSR count). The fourth-order valence-corrected chi connectivity index (χ4v) is 2.44. The largest absolute Gasteiger partial charge is 0.493 e. The number of nitrogens with one attached hydrogen (secondary N) is 2. The van der Waals surface area contributed by atoms with E-state index in [1.54, 1.807) is 45.4 Å². The zero-order chi connectivity index (χ0) is 19.6. The number of hydrogen-bond acceptors (Lipinski definition) is 5. The Labute approximate surface area is 158 Å². The van der Waals surface area contributed by atoms with Gasteiger partial charge in [0.05, 0.1) is 26.4 Å². The van der Waals surface area contributed by atoms with Crippen LogP contribution in [0, 0.1) is 0 Å². The van der Waals surface area contributed by atoms with Crippen LogP contribution in [0.4, 0.5) is 10.5 Å². The van der Waals surface area contributed by atoms with Gasteiger partial charge in [0.1, 0.15) is 0 Å². The highest BCUT2D eigenvalue weighted by Crippen LogP contribution is 2.27. The lowest BCUT2D eigenvalue weighted by molar-refractivity contribution is 0.0526. The van der Waals surface area contributed by atoms with Crippen molar-refractivity contribution in [3.63, 3.8) is 0 Å². The van der Waals surface area contributed by atoms with Gasteiger partial charge in [-0.25, -0.2) is 9.59 Å². The van der Waals surface area contributed by atoms with Crippen molar-refractivity contribution in [3.8, 4) is 11.5 Å². The highest BCUT2D eigenvalue weighted by Gasteiger charge is 2.08. The summed E-state index contributed by atoms with van der Waals surface area (Å²) in [6.07, 6.45) is 0.648. The van der Waals surface area contributed by atoms with Crippen molar-refractivity contribution in [1.82, 2.24) is 5.32 Å². The van der Waals surface area contributed by atoms with Crippen LogP contribution < -0.4 is 20.1 Å². The second-order valence-electron chi connectivity index (χ2n) is 5.62. The molecule has 0 fully saturated rings. The lowest BCUT2D eigenvalue weighted by Gasteiger charge is -2.11. The number of anilines is 1. The second kappa shape index (κ2) is 10.1. The molecule has 0 aliphatic carbocycles. The van der Waals surface area contributed by atoms with E-state index >= 15 is 0 Å². The first kappa shape index (κ1) is 20.1. The van der Waals surface area contributed by atoms with Crippen molar-refractivity contribution in [3.05, 3.63) is 53.6 Å². The molecule has 0 aromatic heterocycles. The fraction of sp³-hybridized carbons (Fsp3) is 0.300. The maximum atomic E-state index is 12.0. The molecule has 0 aliphatic heterocycles. The van der Waals surface area contributed by atoms with Crippen LogP contribution in [0.5, 0.6) is 11.5 Å². The van der Waals surface area contributed by atoms with E-state index in [9.17, 15) is 9.59 Å². The number of ether oxygens (including phenoxy) is 3. The Morgan fingerprint density at radius 1 is 0.963 bits per heavy atom. The van der Waals surface area contributed by atoms with Gasteiger partial charge in [-0.1, -0.05) is 6.07 Å². The standard InChI is InChI=1S/C20H24N2O5/c1-4-27-19(23)15-6-8-16(9-7-15)22-20(24)21-12-11-14-5-10-17(25-2)18(13-14)26-3/h5-10,13H,4,11-12H2,1-3H3,(H2,21,22,24). The summed E-state index contributed by atoms with van der Waals surface area (Å²) in [7, 11) is 3.17. The van der Waals surface area contributed by atoms with E-state index in [0.717, 1.165) is 5.56 Å². The van der Waals surface area contributed by atoms with E-state index in [0.29, 0.717) is 42.3 Å². The van der Waals surface area contributed by atoms with Crippen molar-refractivity contribution in [2.45, 2.75) is 13.3 Å². The van der Waals surface area contributed by atoms with Crippen molar-refractivity contribution in [2.75, 3.05) is 32.7 Å². The molecule has 2 aromatic carbocycles. The van der Waals surface area contributed by atoms with Gasteiger partial charge in [-0.15, -0.1) is 0 Å². The van der Waals surface area contributed by atoms with Gasteiger partial charge in [0.2, 0.25) is 0 Å². The van der Waals surface area contributed by atoms with E-state index in [1.165, 1.54) is 0 Å². The van der Waals surface area contributed by atoms with Gasteiger partial charge in [-0.3, -0.25) is 0 Å². The number of carbonyl (C=O) groups excluding carboxylic acids is 2. The van der Waals surface area contributed by atoms with Crippen LogP contribution in [0.3, 0.4) is 0 Å². The minimum Gasteiger partial charge on any atom is -0.493 e. The van der Waals surface area contributed by atoms with E-state index in [4.69, 9.17) is 14.2 Å². The quantitative estimate of drug-likeness (QED) is 0.695. The minimum absolute atomic E-state index is 0.320. The molecule has 144 valence electrons. The third-order valence-corrected chi connectivity index (χ3v) is 3.80. The SMILES string of the molecule is CCOC(=O)c1ccc(NC(=O)NCCc2ccc(OC)c(OC)c2)cc1. The van der Waals surface area contributed by atoms with Crippen LogP contribution >= 0.6 is 0 Å². The Morgan fingerprint density at radius 2 is 1.67 bits per heavy atom. The smallest absolute Gasteiger partial charge is 0.338 e. The first-order valence-corrected chi connectivity index (χ1v) is 8.60. The highest BCUT2D eigenvalue weighted by atomic mass is 16.5. The molecule has 0 bridgehead atoms. The Kier molecular flexibility index (Phi) is 7.49. The minimum atomic E-state index is -0.386. The van der Waals surface area contributed by atoms with Crippen molar-refractivity contribution in [2.24, 2.45) is 0 Å². The molecule has 0 spiro atoms. The van der Waals surface area contributed by atoms with Gasteiger partial charge in [-0.2, -0.15) is 0 Å². The molecule has 7 nitrogen and oxygen atoms in total. The van der Waals surface area contributed by atoms with Crippen LogP contribution in [0.15, 0.2) is 42.5 Å². The normalized spacial score (nSPS) is 10.0. The van der Waals surface area contributed by atoms with E-state index in [-0.39, 0.29) is 12.0 Å². The summed E-state index contributed by atoms with van der Waals surface area (Å²) < 4.78 is 15.4. The summed E-state index contributed by atoms with van der Waals surface area (Å²) in [5.74, 6) is 0.933. The molecule has 2 amide bonds. The molecule has 2 N–H and O–H groups in total. The number of benzene rings is 2. The zero-order valence-electron chi connectivity index (χ0n) is 15.7. The molecule has 27 heavy (non-hydrogen) atoms. The van der Waals surface area contributed by atoms with Gasteiger partial charge in [0.15, 0.2) is 11.5 Å². The third-order valence-electron chi connectivity index (χ3n) is 3.80. The molecule has 7 heteroatoms. The fourth-order valence-electron chi connectivity index (χ4n) is 2.44. The molecule has 0 saturated heterocycles. The number of rotatable bonds is 8. The molecule has 0 heterocycles. The molecule has 0 atom stereocenters. The second-order valence-corrected chi connectivity index (χ2v) is 5.62. The maximum Gasteiger partial charge on any atom is 0.338 e. The summed E-state index contributed by atoms with van der Waals surface area (Å²) in [6.45, 7) is 2.53. The van der Waals surface area contributed by atoms with Crippen molar-refractivity contribution in [1.29, 1.82) is 0 Å². The van der Waals surface area contributed by atoms with Crippen LogP contribution in [0.1, 0.15) is 22.8 Å². The van der Waals surface area contributed by atoms with Gasteiger partial charge in [0.25, 0.3) is 0 Å². The molecule has 2 aromatic rings. The number of amides is 2.